The van der Waals surface area contributed by atoms with E-state index in [1.54, 1.807) is 11.3 Å². The summed E-state index contributed by atoms with van der Waals surface area (Å²) in [4.78, 5) is 17.4. The molecule has 4 nitrogen and oxygen atoms in total. The quantitative estimate of drug-likeness (QED) is 0.863. The Hall–Kier alpha value is -1.10. The molecule has 0 aromatic carbocycles. The maximum absolute atomic E-state index is 11.8. The highest BCUT2D eigenvalue weighted by Gasteiger charge is 2.36. The number of rotatable bonds is 4. The molecule has 0 bridgehead atoms. The maximum atomic E-state index is 11.8. The average Bonchev–Trinajstić information content (AvgIpc) is 3.17. The van der Waals surface area contributed by atoms with Crippen LogP contribution in [0, 0.1) is 12.8 Å². The van der Waals surface area contributed by atoms with Gasteiger partial charge < -0.3 is 10.6 Å². The standard InChI is InChI=1S/C12H17N3OS/c1-7-6-13-11(17-7)10(8-2-3-8)15-12(16)14-9-4-5-9/h6,8-10H,2-5H2,1H3,(H2,14,15,16)/t10-/m0/s1. The zero-order chi connectivity index (χ0) is 11.8. The SMILES string of the molecule is Cc1cnc([C@@H](NC(=O)NC2CC2)C2CC2)s1. The molecule has 0 spiro atoms. The summed E-state index contributed by atoms with van der Waals surface area (Å²) in [6, 6.07) is 0.498. The van der Waals surface area contributed by atoms with E-state index in [9.17, 15) is 4.79 Å². The number of nitrogens with zero attached hydrogens (tertiary/aromatic N) is 1. The molecule has 1 atom stereocenters. The predicted octanol–water partition coefficient (Wildman–Crippen LogP) is 2.36. The first kappa shape index (κ1) is 11.0. The van der Waals surface area contributed by atoms with E-state index >= 15 is 0 Å². The summed E-state index contributed by atoms with van der Waals surface area (Å²) in [5.74, 6) is 0.588. The van der Waals surface area contributed by atoms with Crippen molar-refractivity contribution in [1.29, 1.82) is 0 Å². The van der Waals surface area contributed by atoms with Crippen LogP contribution >= 0.6 is 11.3 Å². The van der Waals surface area contributed by atoms with Crippen molar-refractivity contribution in [3.63, 3.8) is 0 Å². The van der Waals surface area contributed by atoms with Crippen molar-refractivity contribution in [2.75, 3.05) is 0 Å². The van der Waals surface area contributed by atoms with Gasteiger partial charge >= 0.3 is 6.03 Å². The molecule has 92 valence electrons. The number of hydrogen-bond donors (Lipinski definition) is 2. The Morgan fingerprint density at radius 2 is 2.24 bits per heavy atom. The fourth-order valence-electron chi connectivity index (χ4n) is 1.92. The van der Waals surface area contributed by atoms with Gasteiger partial charge in [-0.05, 0) is 38.5 Å². The van der Waals surface area contributed by atoms with E-state index in [1.165, 1.54) is 17.7 Å². The van der Waals surface area contributed by atoms with E-state index < -0.39 is 0 Å². The summed E-state index contributed by atoms with van der Waals surface area (Å²) >= 11 is 1.69. The molecule has 1 heterocycles. The number of carbonyl (C=O) groups excluding carboxylic acids is 1. The second-order valence-electron chi connectivity index (χ2n) is 5.02. The molecule has 0 radical (unpaired) electrons. The first-order valence-electron chi connectivity index (χ1n) is 6.22. The predicted molar refractivity (Wildman–Crippen MR) is 67.0 cm³/mol. The van der Waals surface area contributed by atoms with Gasteiger partial charge in [0, 0.05) is 17.1 Å². The highest BCUT2D eigenvalue weighted by Crippen LogP contribution is 2.42. The van der Waals surface area contributed by atoms with Crippen molar-refractivity contribution in [2.45, 2.75) is 44.7 Å². The molecule has 3 rings (SSSR count). The highest BCUT2D eigenvalue weighted by atomic mass is 32.1. The molecule has 5 heteroatoms. The average molecular weight is 251 g/mol. The van der Waals surface area contributed by atoms with Crippen LogP contribution < -0.4 is 10.6 Å². The minimum atomic E-state index is -0.0303. The zero-order valence-electron chi connectivity index (χ0n) is 9.90. The Balaban J connectivity index is 1.65. The van der Waals surface area contributed by atoms with Gasteiger partial charge in [-0.2, -0.15) is 0 Å². The van der Waals surface area contributed by atoms with Crippen LogP contribution in [-0.2, 0) is 0 Å². The van der Waals surface area contributed by atoms with Crippen molar-refractivity contribution in [2.24, 2.45) is 5.92 Å². The Bertz CT molecular complexity index is 423. The van der Waals surface area contributed by atoms with Gasteiger partial charge in [0.15, 0.2) is 0 Å². The summed E-state index contributed by atoms with van der Waals surface area (Å²) in [6.45, 7) is 2.05. The van der Waals surface area contributed by atoms with Crippen LogP contribution in [0.15, 0.2) is 6.20 Å². The number of aromatic nitrogens is 1. The number of thiazole rings is 1. The van der Waals surface area contributed by atoms with E-state index in [1.807, 2.05) is 6.20 Å². The molecule has 17 heavy (non-hydrogen) atoms. The Morgan fingerprint density at radius 1 is 1.47 bits per heavy atom. The van der Waals surface area contributed by atoms with Gasteiger partial charge in [-0.1, -0.05) is 0 Å². The summed E-state index contributed by atoms with van der Waals surface area (Å²) in [5, 5.41) is 7.10. The molecule has 0 unspecified atom stereocenters. The van der Waals surface area contributed by atoms with Crippen molar-refractivity contribution in [1.82, 2.24) is 15.6 Å². The molecular weight excluding hydrogens is 234 g/mol. The summed E-state index contributed by atoms with van der Waals surface area (Å²) in [5.41, 5.74) is 0. The molecule has 2 aliphatic carbocycles. The van der Waals surface area contributed by atoms with Crippen molar-refractivity contribution in [3.8, 4) is 0 Å². The fourth-order valence-corrected chi connectivity index (χ4v) is 2.84. The Labute approximate surface area is 105 Å². The number of urea groups is 1. The molecule has 0 saturated heterocycles. The molecule has 2 amide bonds. The molecule has 1 aromatic rings. The molecule has 1 aromatic heterocycles. The van der Waals surface area contributed by atoms with Crippen LogP contribution in [-0.4, -0.2) is 17.1 Å². The maximum Gasteiger partial charge on any atom is 0.315 e. The lowest BCUT2D eigenvalue weighted by Gasteiger charge is -2.16. The summed E-state index contributed by atoms with van der Waals surface area (Å²) in [7, 11) is 0. The monoisotopic (exact) mass is 251 g/mol. The van der Waals surface area contributed by atoms with E-state index in [2.05, 4.69) is 22.5 Å². The van der Waals surface area contributed by atoms with Gasteiger partial charge in [0.1, 0.15) is 5.01 Å². The normalized spacial score (nSPS) is 21.0. The Kier molecular flexibility index (Phi) is 2.78. The van der Waals surface area contributed by atoms with Gasteiger partial charge in [0.25, 0.3) is 0 Å². The first-order chi connectivity index (χ1) is 8.22. The third-order valence-corrected chi connectivity index (χ3v) is 4.19. The smallest absolute Gasteiger partial charge is 0.315 e. The van der Waals surface area contributed by atoms with Crippen molar-refractivity contribution < 1.29 is 4.79 Å². The van der Waals surface area contributed by atoms with E-state index in [0.717, 1.165) is 17.8 Å². The molecule has 0 aliphatic heterocycles. The number of nitrogens with one attached hydrogen (secondary N) is 2. The highest BCUT2D eigenvalue weighted by molar-refractivity contribution is 7.11. The topological polar surface area (TPSA) is 54.0 Å². The van der Waals surface area contributed by atoms with E-state index in [4.69, 9.17) is 0 Å². The number of amides is 2. The third-order valence-electron chi connectivity index (χ3n) is 3.20. The van der Waals surface area contributed by atoms with Crippen LogP contribution in [0.2, 0.25) is 0 Å². The molecule has 2 N–H and O–H groups in total. The van der Waals surface area contributed by atoms with Crippen LogP contribution in [0.3, 0.4) is 0 Å². The van der Waals surface area contributed by atoms with Gasteiger partial charge in [-0.15, -0.1) is 11.3 Å². The summed E-state index contributed by atoms with van der Waals surface area (Å²) in [6.07, 6.45) is 6.53. The van der Waals surface area contributed by atoms with Crippen LogP contribution in [0.4, 0.5) is 4.79 Å². The number of hydrogen-bond acceptors (Lipinski definition) is 3. The minimum Gasteiger partial charge on any atom is -0.335 e. The van der Waals surface area contributed by atoms with Crippen LogP contribution in [0.1, 0.15) is 41.6 Å². The Morgan fingerprint density at radius 3 is 2.76 bits per heavy atom. The van der Waals surface area contributed by atoms with Crippen LogP contribution in [0.25, 0.3) is 0 Å². The van der Waals surface area contributed by atoms with Crippen LogP contribution in [0.5, 0.6) is 0 Å². The molecule has 2 saturated carbocycles. The lowest BCUT2D eigenvalue weighted by Crippen LogP contribution is -2.39. The number of aryl methyl sites for hydroxylation is 1. The van der Waals surface area contributed by atoms with E-state index in [-0.39, 0.29) is 12.1 Å². The number of carbonyl (C=O) groups is 1. The van der Waals surface area contributed by atoms with Gasteiger partial charge in [0.05, 0.1) is 6.04 Å². The zero-order valence-corrected chi connectivity index (χ0v) is 10.7. The molecule has 2 fully saturated rings. The lowest BCUT2D eigenvalue weighted by molar-refractivity contribution is 0.235. The van der Waals surface area contributed by atoms with Gasteiger partial charge in [-0.3, -0.25) is 0 Å². The molecule has 2 aliphatic rings. The largest absolute Gasteiger partial charge is 0.335 e. The van der Waals surface area contributed by atoms with Gasteiger partial charge in [0.2, 0.25) is 0 Å². The lowest BCUT2D eigenvalue weighted by atomic mass is 10.2. The second-order valence-corrected chi connectivity index (χ2v) is 6.28. The summed E-state index contributed by atoms with van der Waals surface area (Å²) < 4.78 is 0. The van der Waals surface area contributed by atoms with Crippen molar-refractivity contribution >= 4 is 17.4 Å². The first-order valence-corrected chi connectivity index (χ1v) is 7.03. The minimum absolute atomic E-state index is 0.0303. The molecular formula is C12H17N3OS. The van der Waals surface area contributed by atoms with Crippen molar-refractivity contribution in [3.05, 3.63) is 16.1 Å². The van der Waals surface area contributed by atoms with Gasteiger partial charge in [-0.25, -0.2) is 9.78 Å². The second kappa shape index (κ2) is 4.29. The fraction of sp³-hybridized carbons (Fsp3) is 0.667. The van der Waals surface area contributed by atoms with E-state index in [0.29, 0.717) is 12.0 Å². The third kappa shape index (κ3) is 2.77.